The molecular weight excluding hydrogens is 275 g/mol. The van der Waals surface area contributed by atoms with Gasteiger partial charge in [0.2, 0.25) is 10.0 Å². The largest absolute Gasteiger partial charge is 0.396 e. The van der Waals surface area contributed by atoms with Gasteiger partial charge in [-0.25, -0.2) is 12.8 Å². The molecule has 2 rings (SSSR count). The maximum atomic E-state index is 13.1. The van der Waals surface area contributed by atoms with Crippen LogP contribution in [0.4, 0.5) is 10.1 Å². The number of rotatable bonds is 3. The molecule has 1 unspecified atom stereocenters. The zero-order valence-electron chi connectivity index (χ0n) is 10.1. The fraction of sp³-hybridized carbons (Fsp3) is 0.455. The van der Waals surface area contributed by atoms with Crippen molar-refractivity contribution in [3.8, 4) is 0 Å². The first-order valence-corrected chi connectivity index (χ1v) is 7.17. The minimum absolute atomic E-state index is 0.0648. The van der Waals surface area contributed by atoms with Crippen LogP contribution in [0.1, 0.15) is 0 Å². The van der Waals surface area contributed by atoms with E-state index >= 15 is 0 Å². The van der Waals surface area contributed by atoms with Crippen LogP contribution < -0.4 is 5.73 Å². The van der Waals surface area contributed by atoms with E-state index in [2.05, 4.69) is 0 Å². The molecule has 1 heterocycles. The summed E-state index contributed by atoms with van der Waals surface area (Å²) in [4.78, 5) is -0.0648. The maximum Gasteiger partial charge on any atom is 0.243 e. The number of nitrogens with two attached hydrogens (primary N) is 1. The second-order valence-corrected chi connectivity index (χ2v) is 6.16. The SMILES string of the molecule is Nc1cc(S(=O)(=O)N2CCOC(CO)C2)ccc1F. The van der Waals surface area contributed by atoms with Crippen LogP contribution >= 0.6 is 0 Å². The fourth-order valence-electron chi connectivity index (χ4n) is 1.85. The number of ether oxygens (including phenoxy) is 1. The zero-order valence-corrected chi connectivity index (χ0v) is 10.9. The molecule has 1 aromatic carbocycles. The molecule has 0 saturated carbocycles. The van der Waals surface area contributed by atoms with Crippen LogP contribution in [0, 0.1) is 5.82 Å². The molecule has 6 nitrogen and oxygen atoms in total. The van der Waals surface area contributed by atoms with Crippen molar-refractivity contribution in [2.24, 2.45) is 0 Å². The number of nitrogens with zero attached hydrogens (tertiary/aromatic N) is 1. The number of halogens is 1. The molecule has 0 aliphatic carbocycles. The van der Waals surface area contributed by atoms with Crippen LogP contribution in [0.25, 0.3) is 0 Å². The van der Waals surface area contributed by atoms with E-state index in [1.54, 1.807) is 0 Å². The van der Waals surface area contributed by atoms with Crippen LogP contribution in [0.2, 0.25) is 0 Å². The number of anilines is 1. The molecule has 0 aromatic heterocycles. The summed E-state index contributed by atoms with van der Waals surface area (Å²) in [6.45, 7) is 0.213. The van der Waals surface area contributed by atoms with Crippen molar-refractivity contribution >= 4 is 15.7 Å². The van der Waals surface area contributed by atoms with Crippen molar-refractivity contribution in [3.63, 3.8) is 0 Å². The lowest BCUT2D eigenvalue weighted by molar-refractivity contribution is -0.0304. The van der Waals surface area contributed by atoms with Crippen LogP contribution in [0.3, 0.4) is 0 Å². The normalized spacial score (nSPS) is 21.5. The average Bonchev–Trinajstić information content (AvgIpc) is 2.41. The molecule has 0 bridgehead atoms. The Labute approximate surface area is 110 Å². The van der Waals surface area contributed by atoms with Crippen molar-refractivity contribution in [1.29, 1.82) is 0 Å². The molecule has 106 valence electrons. The first kappa shape index (κ1) is 14.2. The summed E-state index contributed by atoms with van der Waals surface area (Å²) in [7, 11) is -3.75. The summed E-state index contributed by atoms with van der Waals surface area (Å²) >= 11 is 0. The Morgan fingerprint density at radius 1 is 1.53 bits per heavy atom. The van der Waals surface area contributed by atoms with Crippen molar-refractivity contribution in [3.05, 3.63) is 24.0 Å². The Kier molecular flexibility index (Phi) is 4.04. The number of aliphatic hydroxyl groups excluding tert-OH is 1. The Morgan fingerprint density at radius 2 is 2.26 bits per heavy atom. The van der Waals surface area contributed by atoms with E-state index in [0.29, 0.717) is 0 Å². The second kappa shape index (κ2) is 5.41. The molecule has 1 aromatic rings. The first-order valence-electron chi connectivity index (χ1n) is 5.73. The number of aliphatic hydroxyl groups is 1. The number of benzene rings is 1. The molecular formula is C11H15FN2O4S. The third-order valence-corrected chi connectivity index (χ3v) is 4.77. The number of sulfonamides is 1. The predicted molar refractivity (Wildman–Crippen MR) is 66.4 cm³/mol. The summed E-state index contributed by atoms with van der Waals surface area (Å²) in [5, 5.41) is 9.01. The topological polar surface area (TPSA) is 92.9 Å². The minimum atomic E-state index is -3.75. The van der Waals surface area contributed by atoms with E-state index in [0.717, 1.165) is 12.1 Å². The summed E-state index contributed by atoms with van der Waals surface area (Å²) in [6.07, 6.45) is -0.540. The summed E-state index contributed by atoms with van der Waals surface area (Å²) in [5.74, 6) is -0.658. The van der Waals surface area contributed by atoms with E-state index in [1.165, 1.54) is 10.4 Å². The molecule has 8 heteroatoms. The summed E-state index contributed by atoms with van der Waals surface area (Å²) < 4.78 is 44.1. The van der Waals surface area contributed by atoms with Crippen molar-refractivity contribution in [2.75, 3.05) is 32.0 Å². The van der Waals surface area contributed by atoms with E-state index in [1.807, 2.05) is 0 Å². The number of morpholine rings is 1. The predicted octanol–water partition coefficient (Wildman–Crippen LogP) is -0.210. The number of hydrogen-bond acceptors (Lipinski definition) is 5. The van der Waals surface area contributed by atoms with Crippen LogP contribution in [-0.4, -0.2) is 50.2 Å². The van der Waals surface area contributed by atoms with Crippen molar-refractivity contribution in [2.45, 2.75) is 11.0 Å². The third-order valence-electron chi connectivity index (χ3n) is 2.91. The van der Waals surface area contributed by atoms with Gasteiger partial charge in [0.15, 0.2) is 0 Å². The van der Waals surface area contributed by atoms with Gasteiger partial charge in [-0.2, -0.15) is 4.31 Å². The highest BCUT2D eigenvalue weighted by Crippen LogP contribution is 2.22. The Morgan fingerprint density at radius 3 is 2.89 bits per heavy atom. The first-order chi connectivity index (χ1) is 8.95. The van der Waals surface area contributed by atoms with E-state index in [4.69, 9.17) is 15.6 Å². The number of nitrogen functional groups attached to an aromatic ring is 1. The van der Waals surface area contributed by atoms with Gasteiger partial charge in [-0.3, -0.25) is 0 Å². The van der Waals surface area contributed by atoms with Crippen molar-refractivity contribution in [1.82, 2.24) is 4.31 Å². The van der Waals surface area contributed by atoms with Gasteiger partial charge >= 0.3 is 0 Å². The molecule has 0 spiro atoms. The van der Waals surface area contributed by atoms with E-state index in [9.17, 15) is 12.8 Å². The van der Waals surface area contributed by atoms with Gasteiger partial charge in [-0.05, 0) is 18.2 Å². The lowest BCUT2D eigenvalue weighted by Crippen LogP contribution is -2.46. The molecule has 1 aliphatic heterocycles. The van der Waals surface area contributed by atoms with Gasteiger partial charge < -0.3 is 15.6 Å². The fourth-order valence-corrected chi connectivity index (χ4v) is 3.34. The Bertz CT molecular complexity index is 564. The van der Waals surface area contributed by atoms with Crippen LogP contribution in [0.5, 0.6) is 0 Å². The standard InChI is InChI=1S/C11H15FN2O4S/c12-10-2-1-9(5-11(10)13)19(16,17)14-3-4-18-8(6-14)7-15/h1-2,5,8,15H,3-4,6-7,13H2. The second-order valence-electron chi connectivity index (χ2n) is 4.22. The molecule has 3 N–H and O–H groups in total. The summed E-state index contributed by atoms with van der Waals surface area (Å²) in [6, 6.07) is 3.28. The quantitative estimate of drug-likeness (QED) is 0.751. The third kappa shape index (κ3) is 2.86. The smallest absolute Gasteiger partial charge is 0.243 e. The molecule has 1 atom stereocenters. The highest BCUT2D eigenvalue weighted by Gasteiger charge is 2.30. The van der Waals surface area contributed by atoms with Gasteiger partial charge in [-0.15, -0.1) is 0 Å². The maximum absolute atomic E-state index is 13.1. The lowest BCUT2D eigenvalue weighted by atomic mass is 10.3. The molecule has 0 radical (unpaired) electrons. The minimum Gasteiger partial charge on any atom is -0.396 e. The molecule has 0 amide bonds. The van der Waals surface area contributed by atoms with Gasteiger partial charge in [0, 0.05) is 13.1 Å². The van der Waals surface area contributed by atoms with Gasteiger partial charge in [-0.1, -0.05) is 0 Å². The number of hydrogen-bond donors (Lipinski definition) is 2. The molecule has 1 saturated heterocycles. The van der Waals surface area contributed by atoms with Gasteiger partial charge in [0.1, 0.15) is 5.82 Å². The van der Waals surface area contributed by atoms with E-state index in [-0.39, 0.29) is 36.9 Å². The molecule has 1 fully saturated rings. The van der Waals surface area contributed by atoms with Crippen molar-refractivity contribution < 1.29 is 22.7 Å². The average molecular weight is 290 g/mol. The highest BCUT2D eigenvalue weighted by molar-refractivity contribution is 7.89. The summed E-state index contributed by atoms with van der Waals surface area (Å²) in [5.41, 5.74) is 5.16. The van der Waals surface area contributed by atoms with Crippen LogP contribution in [-0.2, 0) is 14.8 Å². The highest BCUT2D eigenvalue weighted by atomic mass is 32.2. The zero-order chi connectivity index (χ0) is 14.0. The van der Waals surface area contributed by atoms with Gasteiger partial charge in [0.25, 0.3) is 0 Å². The molecule has 19 heavy (non-hydrogen) atoms. The van der Waals surface area contributed by atoms with Gasteiger partial charge in [0.05, 0.1) is 29.9 Å². The Balaban J connectivity index is 2.28. The lowest BCUT2D eigenvalue weighted by Gasteiger charge is -2.31. The molecule has 1 aliphatic rings. The monoisotopic (exact) mass is 290 g/mol. The Hall–Kier alpha value is -1.22. The van der Waals surface area contributed by atoms with E-state index < -0.39 is 21.9 Å². The van der Waals surface area contributed by atoms with Crippen LogP contribution in [0.15, 0.2) is 23.1 Å².